The van der Waals surface area contributed by atoms with Gasteiger partial charge in [-0.3, -0.25) is 10.1 Å². The van der Waals surface area contributed by atoms with E-state index in [-0.39, 0.29) is 11.5 Å². The molecule has 0 atom stereocenters. The van der Waals surface area contributed by atoms with Gasteiger partial charge >= 0.3 is 12.8 Å². The lowest BCUT2D eigenvalue weighted by Gasteiger charge is -2.32. The van der Waals surface area contributed by atoms with E-state index in [1.807, 2.05) is 27.7 Å². The molecule has 1 aromatic rings. The molecule has 8 heteroatoms. The van der Waals surface area contributed by atoms with E-state index in [1.165, 1.54) is 12.1 Å². The van der Waals surface area contributed by atoms with Crippen molar-refractivity contribution in [2.45, 2.75) is 38.9 Å². The summed E-state index contributed by atoms with van der Waals surface area (Å²) < 4.78 is 11.6. The van der Waals surface area contributed by atoms with Crippen LogP contribution in [-0.2, 0) is 9.31 Å². The van der Waals surface area contributed by atoms with E-state index in [2.05, 4.69) is 4.98 Å². The number of pyridine rings is 1. The molecule has 7 nitrogen and oxygen atoms in total. The second kappa shape index (κ2) is 5.12. The fourth-order valence-corrected chi connectivity index (χ4v) is 1.87. The van der Waals surface area contributed by atoms with Gasteiger partial charge in [-0.25, -0.2) is 4.98 Å². The summed E-state index contributed by atoms with van der Waals surface area (Å²) in [5, 5.41) is 10.7. The average Bonchev–Trinajstić information content (AvgIpc) is 2.55. The maximum absolute atomic E-state index is 10.7. The first-order valence-electron chi connectivity index (χ1n) is 6.57. The summed E-state index contributed by atoms with van der Waals surface area (Å²) in [6, 6.07) is 2.85. The molecule has 2 N–H and O–H groups in total. The predicted octanol–water partition coefficient (Wildman–Crippen LogP) is 2.22. The lowest BCUT2D eigenvalue weighted by Crippen LogP contribution is -2.41. The van der Waals surface area contributed by atoms with E-state index in [9.17, 15) is 10.1 Å². The van der Waals surface area contributed by atoms with Crippen LogP contribution in [0.3, 0.4) is 0 Å². The second-order valence-corrected chi connectivity index (χ2v) is 5.88. The molecule has 21 heavy (non-hydrogen) atoms. The molecule has 0 aromatic carbocycles. The third-order valence-corrected chi connectivity index (χ3v) is 3.82. The summed E-state index contributed by atoms with van der Waals surface area (Å²) in [6.45, 7) is 7.85. The van der Waals surface area contributed by atoms with Crippen LogP contribution in [-0.4, -0.2) is 28.2 Å². The highest BCUT2D eigenvalue weighted by Crippen LogP contribution is 2.37. The highest BCUT2D eigenvalue weighted by molar-refractivity contribution is 6.52. The molecule has 0 unspecified atom stereocenters. The molecule has 0 radical (unpaired) electrons. The second-order valence-electron chi connectivity index (χ2n) is 5.88. The SMILES string of the molecule is CC1(C)OB(/C=C/c2ccc([N+](=O)[O-])c(N)n2)OC1(C)C. The topological polar surface area (TPSA) is 101 Å². The maximum atomic E-state index is 10.7. The van der Waals surface area contributed by atoms with Crippen molar-refractivity contribution in [3.63, 3.8) is 0 Å². The first kappa shape index (κ1) is 15.5. The molecule has 1 aromatic heterocycles. The molecule has 1 saturated heterocycles. The largest absolute Gasteiger partial charge is 0.487 e. The number of aromatic nitrogens is 1. The van der Waals surface area contributed by atoms with Gasteiger partial charge in [0.2, 0.25) is 5.82 Å². The zero-order valence-electron chi connectivity index (χ0n) is 12.5. The summed E-state index contributed by atoms with van der Waals surface area (Å²) in [4.78, 5) is 14.1. The quantitative estimate of drug-likeness (QED) is 0.520. The predicted molar refractivity (Wildman–Crippen MR) is 80.4 cm³/mol. The fraction of sp³-hybridized carbons (Fsp3) is 0.462. The fourth-order valence-electron chi connectivity index (χ4n) is 1.87. The van der Waals surface area contributed by atoms with Gasteiger partial charge in [0.15, 0.2) is 0 Å². The van der Waals surface area contributed by atoms with Gasteiger partial charge < -0.3 is 15.0 Å². The standard InChI is InChI=1S/C13H18BN3O4/c1-12(2)13(3,4)21-14(20-12)8-7-9-5-6-10(17(18)19)11(15)16-9/h5-8H,1-4H3,(H2,15,16)/b8-7+. The monoisotopic (exact) mass is 291 g/mol. The van der Waals surface area contributed by atoms with Crippen molar-refractivity contribution < 1.29 is 14.2 Å². The highest BCUT2D eigenvalue weighted by atomic mass is 16.7. The Kier molecular flexibility index (Phi) is 3.77. The average molecular weight is 291 g/mol. The van der Waals surface area contributed by atoms with Crippen molar-refractivity contribution in [2.24, 2.45) is 0 Å². The van der Waals surface area contributed by atoms with Crippen LogP contribution in [0.1, 0.15) is 33.4 Å². The number of anilines is 1. The normalized spacial score (nSPS) is 20.1. The molecule has 1 fully saturated rings. The first-order valence-corrected chi connectivity index (χ1v) is 6.57. The van der Waals surface area contributed by atoms with Gasteiger partial charge in [-0.1, -0.05) is 5.98 Å². The van der Waals surface area contributed by atoms with Gasteiger partial charge in [0.1, 0.15) is 0 Å². The minimum absolute atomic E-state index is 0.115. The van der Waals surface area contributed by atoms with E-state index in [0.717, 1.165) is 0 Å². The number of nitro groups is 1. The van der Waals surface area contributed by atoms with Crippen LogP contribution in [0.2, 0.25) is 0 Å². The van der Waals surface area contributed by atoms with E-state index in [0.29, 0.717) is 5.69 Å². The number of nitrogens with two attached hydrogens (primary N) is 1. The molecule has 0 saturated carbocycles. The van der Waals surface area contributed by atoms with Gasteiger partial charge in [0, 0.05) is 6.07 Å². The van der Waals surface area contributed by atoms with E-state index < -0.39 is 23.2 Å². The molecule has 2 heterocycles. The van der Waals surface area contributed by atoms with Gasteiger partial charge in [-0.05, 0) is 39.8 Å². The maximum Gasteiger partial charge on any atom is 0.487 e. The third-order valence-electron chi connectivity index (χ3n) is 3.82. The number of rotatable bonds is 3. The van der Waals surface area contributed by atoms with Crippen molar-refractivity contribution >= 4 is 24.7 Å². The molecule has 1 aliphatic heterocycles. The lowest BCUT2D eigenvalue weighted by molar-refractivity contribution is -0.384. The van der Waals surface area contributed by atoms with Crippen molar-refractivity contribution in [2.75, 3.05) is 5.73 Å². The smallest absolute Gasteiger partial charge is 0.400 e. The van der Waals surface area contributed by atoms with Crippen LogP contribution < -0.4 is 5.73 Å². The summed E-state index contributed by atoms with van der Waals surface area (Å²) in [5.74, 6) is 1.60. The number of hydrogen-bond donors (Lipinski definition) is 1. The summed E-state index contributed by atoms with van der Waals surface area (Å²) in [5.41, 5.74) is 5.02. The Balaban J connectivity index is 2.13. The Morgan fingerprint density at radius 3 is 2.33 bits per heavy atom. The third kappa shape index (κ3) is 3.06. The number of hydrogen-bond acceptors (Lipinski definition) is 6. The van der Waals surface area contributed by atoms with E-state index in [1.54, 1.807) is 12.1 Å². The highest BCUT2D eigenvalue weighted by Gasteiger charge is 2.50. The van der Waals surface area contributed by atoms with Gasteiger partial charge in [0.25, 0.3) is 0 Å². The Morgan fingerprint density at radius 2 is 1.86 bits per heavy atom. The lowest BCUT2D eigenvalue weighted by atomic mass is 9.89. The van der Waals surface area contributed by atoms with Crippen LogP contribution in [0, 0.1) is 10.1 Å². The van der Waals surface area contributed by atoms with Crippen LogP contribution in [0.15, 0.2) is 18.1 Å². The van der Waals surface area contributed by atoms with Crippen LogP contribution in [0.5, 0.6) is 0 Å². The summed E-state index contributed by atoms with van der Waals surface area (Å²) in [7, 11) is -0.492. The molecular weight excluding hydrogens is 273 g/mol. The molecule has 1 aliphatic rings. The first-order chi connectivity index (χ1) is 9.62. The minimum atomic E-state index is -0.565. The van der Waals surface area contributed by atoms with Crippen LogP contribution >= 0.6 is 0 Å². The van der Waals surface area contributed by atoms with Gasteiger partial charge in [-0.2, -0.15) is 0 Å². The van der Waals surface area contributed by atoms with Crippen molar-refractivity contribution in [1.82, 2.24) is 4.98 Å². The summed E-state index contributed by atoms with van der Waals surface area (Å²) >= 11 is 0. The van der Waals surface area contributed by atoms with Crippen LogP contribution in [0.25, 0.3) is 6.08 Å². The van der Waals surface area contributed by atoms with E-state index >= 15 is 0 Å². The zero-order chi connectivity index (χ0) is 15.8. The van der Waals surface area contributed by atoms with Gasteiger partial charge in [-0.15, -0.1) is 0 Å². The molecular formula is C13H18BN3O4. The van der Waals surface area contributed by atoms with Crippen LogP contribution in [0.4, 0.5) is 11.5 Å². The zero-order valence-corrected chi connectivity index (χ0v) is 12.5. The van der Waals surface area contributed by atoms with Crippen molar-refractivity contribution in [3.8, 4) is 0 Å². The number of nitrogens with zero attached hydrogens (tertiary/aromatic N) is 2. The Labute approximate surface area is 123 Å². The molecule has 0 amide bonds. The molecule has 112 valence electrons. The Hall–Kier alpha value is -1.93. The number of nitrogen functional groups attached to an aromatic ring is 1. The minimum Gasteiger partial charge on any atom is -0.400 e. The molecule has 0 bridgehead atoms. The van der Waals surface area contributed by atoms with Crippen molar-refractivity contribution in [1.29, 1.82) is 0 Å². The van der Waals surface area contributed by atoms with E-state index in [4.69, 9.17) is 15.0 Å². The Bertz CT molecular complexity index is 585. The van der Waals surface area contributed by atoms with Gasteiger partial charge in [0.05, 0.1) is 21.8 Å². The molecule has 0 aliphatic carbocycles. The van der Waals surface area contributed by atoms with Crippen molar-refractivity contribution in [3.05, 3.63) is 33.9 Å². The summed E-state index contributed by atoms with van der Waals surface area (Å²) in [6.07, 6.45) is 1.67. The molecule has 2 rings (SSSR count). The molecule has 0 spiro atoms. The Morgan fingerprint density at radius 1 is 1.29 bits per heavy atom.